The van der Waals surface area contributed by atoms with Gasteiger partial charge in [-0.05, 0) is 41.5 Å². The highest BCUT2D eigenvalue weighted by Crippen LogP contribution is 2.28. The van der Waals surface area contributed by atoms with Crippen LogP contribution in [0.4, 0.5) is 0 Å². The number of amides is 1. The van der Waals surface area contributed by atoms with Crippen LogP contribution in [0.15, 0.2) is 71.8 Å². The minimum Gasteiger partial charge on any atom is -0.497 e. The molecule has 3 aromatic carbocycles. The smallest absolute Gasteiger partial charge is 0.271 e. The molecule has 3 rings (SSSR count). The third-order valence-corrected chi connectivity index (χ3v) is 4.42. The Kier molecular flexibility index (Phi) is 7.48. The molecule has 7 nitrogen and oxygen atoms in total. The van der Waals surface area contributed by atoms with E-state index in [9.17, 15) is 4.79 Å². The lowest BCUT2D eigenvalue weighted by molar-refractivity contribution is 0.0954. The van der Waals surface area contributed by atoms with Crippen LogP contribution in [0.1, 0.15) is 21.5 Å². The Hall–Kier alpha value is -4.00. The summed E-state index contributed by atoms with van der Waals surface area (Å²) in [6.45, 7) is 0.409. The van der Waals surface area contributed by atoms with Crippen LogP contribution >= 0.6 is 0 Å². The summed E-state index contributed by atoms with van der Waals surface area (Å²) in [5.74, 6) is 1.84. The Morgan fingerprint density at radius 1 is 0.871 bits per heavy atom. The molecule has 0 bridgehead atoms. The first kappa shape index (κ1) is 21.7. The highest BCUT2D eigenvalue weighted by molar-refractivity contribution is 5.95. The molecule has 0 aromatic heterocycles. The van der Waals surface area contributed by atoms with Crippen LogP contribution in [-0.2, 0) is 6.61 Å². The summed E-state index contributed by atoms with van der Waals surface area (Å²) >= 11 is 0. The summed E-state index contributed by atoms with van der Waals surface area (Å²) in [5.41, 5.74) is 4.66. The molecule has 1 amide bonds. The second-order valence-electron chi connectivity index (χ2n) is 6.49. The van der Waals surface area contributed by atoms with E-state index in [2.05, 4.69) is 10.5 Å². The first-order chi connectivity index (χ1) is 15.1. The number of carbonyl (C=O) groups is 1. The number of hydrazone groups is 1. The van der Waals surface area contributed by atoms with E-state index >= 15 is 0 Å². The summed E-state index contributed by atoms with van der Waals surface area (Å²) < 4.78 is 21.6. The van der Waals surface area contributed by atoms with E-state index in [1.807, 2.05) is 36.4 Å². The van der Waals surface area contributed by atoms with Gasteiger partial charge in [-0.2, -0.15) is 5.10 Å². The lowest BCUT2D eigenvalue weighted by Crippen LogP contribution is -2.17. The summed E-state index contributed by atoms with van der Waals surface area (Å²) in [6.07, 6.45) is 1.53. The van der Waals surface area contributed by atoms with E-state index < -0.39 is 0 Å². The van der Waals surface area contributed by atoms with E-state index in [4.69, 9.17) is 18.9 Å². The van der Waals surface area contributed by atoms with Gasteiger partial charge in [0.2, 0.25) is 0 Å². The number of ether oxygens (including phenoxy) is 4. The van der Waals surface area contributed by atoms with Crippen LogP contribution in [0.2, 0.25) is 0 Å². The quantitative estimate of drug-likeness (QED) is 0.417. The van der Waals surface area contributed by atoms with Gasteiger partial charge in [-0.1, -0.05) is 30.3 Å². The van der Waals surface area contributed by atoms with Crippen LogP contribution in [0.5, 0.6) is 23.0 Å². The van der Waals surface area contributed by atoms with Crippen LogP contribution in [-0.4, -0.2) is 33.5 Å². The maximum absolute atomic E-state index is 12.4. The van der Waals surface area contributed by atoms with Crippen LogP contribution in [0.25, 0.3) is 0 Å². The third-order valence-electron chi connectivity index (χ3n) is 4.42. The standard InChI is InChI=1S/C24H24N2O5/c1-28-20-12-19(13-21(14-20)29-2)24(27)26-25-15-18-9-10-22(30-3)23(11-18)31-16-17-7-5-4-6-8-17/h4-15H,16H2,1-3H3,(H,26,27)/b25-15-. The summed E-state index contributed by atoms with van der Waals surface area (Å²) in [6, 6.07) is 20.2. The van der Waals surface area contributed by atoms with Crippen molar-refractivity contribution in [1.82, 2.24) is 5.43 Å². The van der Waals surface area contributed by atoms with Crippen molar-refractivity contribution in [1.29, 1.82) is 0 Å². The summed E-state index contributed by atoms with van der Waals surface area (Å²) in [5, 5.41) is 4.04. The molecule has 0 aliphatic rings. The Bertz CT molecular complexity index is 1030. The van der Waals surface area contributed by atoms with Gasteiger partial charge in [0.15, 0.2) is 11.5 Å². The van der Waals surface area contributed by atoms with Crippen molar-refractivity contribution >= 4 is 12.1 Å². The zero-order chi connectivity index (χ0) is 22.1. The van der Waals surface area contributed by atoms with Gasteiger partial charge >= 0.3 is 0 Å². The third kappa shape index (κ3) is 5.99. The van der Waals surface area contributed by atoms with Gasteiger partial charge in [-0.15, -0.1) is 0 Å². The number of nitrogens with zero attached hydrogens (tertiary/aromatic N) is 1. The van der Waals surface area contributed by atoms with Crippen molar-refractivity contribution in [3.8, 4) is 23.0 Å². The molecule has 0 saturated carbocycles. The number of nitrogens with one attached hydrogen (secondary N) is 1. The van der Waals surface area contributed by atoms with Gasteiger partial charge < -0.3 is 18.9 Å². The van der Waals surface area contributed by atoms with Crippen molar-refractivity contribution in [3.05, 3.63) is 83.4 Å². The van der Waals surface area contributed by atoms with Gasteiger partial charge in [0.1, 0.15) is 18.1 Å². The zero-order valence-electron chi connectivity index (χ0n) is 17.6. The molecule has 0 aliphatic carbocycles. The molecule has 3 aromatic rings. The Morgan fingerprint density at radius 3 is 2.23 bits per heavy atom. The Balaban J connectivity index is 1.68. The number of rotatable bonds is 9. The molecule has 160 valence electrons. The predicted molar refractivity (Wildman–Crippen MR) is 118 cm³/mol. The zero-order valence-corrected chi connectivity index (χ0v) is 17.6. The van der Waals surface area contributed by atoms with E-state index in [1.165, 1.54) is 20.4 Å². The SMILES string of the molecule is COc1cc(OC)cc(C(=O)N/N=C\c2ccc(OC)c(OCc3ccccc3)c2)c1. The van der Waals surface area contributed by atoms with Crippen molar-refractivity contribution in [2.24, 2.45) is 5.10 Å². The number of hydrogen-bond donors (Lipinski definition) is 1. The van der Waals surface area contributed by atoms with E-state index in [1.54, 1.807) is 37.4 Å². The fourth-order valence-corrected chi connectivity index (χ4v) is 2.79. The highest BCUT2D eigenvalue weighted by Gasteiger charge is 2.09. The fourth-order valence-electron chi connectivity index (χ4n) is 2.79. The fraction of sp³-hybridized carbons (Fsp3) is 0.167. The van der Waals surface area contributed by atoms with Gasteiger partial charge in [-0.3, -0.25) is 4.79 Å². The molecule has 0 aliphatic heterocycles. The lowest BCUT2D eigenvalue weighted by Gasteiger charge is -2.11. The van der Waals surface area contributed by atoms with Gasteiger partial charge in [0, 0.05) is 11.6 Å². The number of carbonyl (C=O) groups excluding carboxylic acids is 1. The molecule has 1 N–H and O–H groups in total. The topological polar surface area (TPSA) is 78.4 Å². The van der Waals surface area contributed by atoms with E-state index in [0.29, 0.717) is 35.2 Å². The maximum atomic E-state index is 12.4. The molecule has 0 heterocycles. The van der Waals surface area contributed by atoms with Gasteiger partial charge in [-0.25, -0.2) is 5.43 Å². The second kappa shape index (κ2) is 10.7. The van der Waals surface area contributed by atoms with Gasteiger partial charge in [0.25, 0.3) is 5.91 Å². The van der Waals surface area contributed by atoms with Crippen molar-refractivity contribution in [2.45, 2.75) is 6.61 Å². The van der Waals surface area contributed by atoms with Crippen molar-refractivity contribution in [2.75, 3.05) is 21.3 Å². The number of benzene rings is 3. The van der Waals surface area contributed by atoms with Crippen molar-refractivity contribution in [3.63, 3.8) is 0 Å². The van der Waals surface area contributed by atoms with E-state index in [0.717, 1.165) is 11.1 Å². The lowest BCUT2D eigenvalue weighted by atomic mass is 10.2. The Labute approximate surface area is 181 Å². The normalized spacial score (nSPS) is 10.5. The molecule has 0 fully saturated rings. The molecule has 31 heavy (non-hydrogen) atoms. The molecule has 7 heteroatoms. The van der Waals surface area contributed by atoms with Gasteiger partial charge in [0.05, 0.1) is 27.5 Å². The largest absolute Gasteiger partial charge is 0.497 e. The minimum atomic E-state index is -0.387. The number of hydrogen-bond acceptors (Lipinski definition) is 6. The first-order valence-electron chi connectivity index (χ1n) is 9.54. The minimum absolute atomic E-state index is 0.370. The summed E-state index contributed by atoms with van der Waals surface area (Å²) in [7, 11) is 4.63. The molecule has 0 unspecified atom stereocenters. The molecule has 0 atom stereocenters. The maximum Gasteiger partial charge on any atom is 0.271 e. The molecule has 0 spiro atoms. The summed E-state index contributed by atoms with van der Waals surface area (Å²) in [4.78, 5) is 12.4. The second-order valence-corrected chi connectivity index (χ2v) is 6.49. The number of methoxy groups -OCH3 is 3. The average Bonchev–Trinajstić information content (AvgIpc) is 2.83. The molecular formula is C24H24N2O5. The van der Waals surface area contributed by atoms with E-state index in [-0.39, 0.29) is 5.91 Å². The Morgan fingerprint density at radius 2 is 1.58 bits per heavy atom. The molecule has 0 saturated heterocycles. The van der Waals surface area contributed by atoms with Crippen LogP contribution in [0, 0.1) is 0 Å². The highest BCUT2D eigenvalue weighted by atomic mass is 16.5. The van der Waals surface area contributed by atoms with Crippen LogP contribution < -0.4 is 24.4 Å². The molecular weight excluding hydrogens is 396 g/mol. The molecule has 0 radical (unpaired) electrons. The predicted octanol–water partition coefficient (Wildman–Crippen LogP) is 4.06. The monoisotopic (exact) mass is 420 g/mol. The van der Waals surface area contributed by atoms with Crippen LogP contribution in [0.3, 0.4) is 0 Å². The van der Waals surface area contributed by atoms with Crippen molar-refractivity contribution < 1.29 is 23.7 Å². The first-order valence-corrected chi connectivity index (χ1v) is 9.54. The average molecular weight is 420 g/mol.